The van der Waals surface area contributed by atoms with Crippen LogP contribution in [0.5, 0.6) is 0 Å². The molecule has 112 valence electrons. The zero-order valence-corrected chi connectivity index (χ0v) is 13.4. The number of nitrogens with one attached hydrogen (secondary N) is 1. The Labute approximate surface area is 134 Å². The third-order valence-electron chi connectivity index (χ3n) is 3.05. The molecular weight excluding hydrogens is 367 g/mol. The summed E-state index contributed by atoms with van der Waals surface area (Å²) in [6.45, 7) is 2.27. The lowest BCUT2D eigenvalue weighted by atomic mass is 9.97. The Morgan fingerprint density at radius 3 is 2.52 bits per heavy atom. The van der Waals surface area contributed by atoms with Crippen LogP contribution >= 0.6 is 27.5 Å². The van der Waals surface area contributed by atoms with Crippen LogP contribution in [0.1, 0.15) is 24.1 Å². The van der Waals surface area contributed by atoms with Gasteiger partial charge < -0.3 is 5.32 Å². The normalized spacial score (nSPS) is 12.5. The molecule has 0 amide bonds. The minimum Gasteiger partial charge on any atom is -0.306 e. The number of rotatable bonds is 4. The average molecular weight is 379 g/mol. The molecule has 0 aliphatic rings. The van der Waals surface area contributed by atoms with Crippen molar-refractivity contribution in [3.63, 3.8) is 0 Å². The van der Waals surface area contributed by atoms with Gasteiger partial charge in [-0.1, -0.05) is 24.6 Å². The summed E-state index contributed by atoms with van der Waals surface area (Å²) < 4.78 is 41.7. The first-order valence-corrected chi connectivity index (χ1v) is 7.44. The van der Waals surface area contributed by atoms with Crippen LogP contribution in [-0.2, 0) is 0 Å². The standard InChI is InChI=1S/C15H12BrClF3N/c1-2-21-15(9-4-3-8(18)7-11(9)17)13-12(19)6-5-10(16)14(13)20/h3-7,15,21H,2H2,1H3. The molecule has 0 spiro atoms. The van der Waals surface area contributed by atoms with Gasteiger partial charge in [0.05, 0.1) is 10.5 Å². The van der Waals surface area contributed by atoms with E-state index < -0.39 is 23.5 Å². The van der Waals surface area contributed by atoms with Gasteiger partial charge in [0.15, 0.2) is 0 Å². The van der Waals surface area contributed by atoms with E-state index in [2.05, 4.69) is 21.2 Å². The molecule has 1 nitrogen and oxygen atoms in total. The Hall–Kier alpha value is -1.04. The number of hydrogen-bond acceptors (Lipinski definition) is 1. The quantitative estimate of drug-likeness (QED) is 0.719. The predicted molar refractivity (Wildman–Crippen MR) is 81.0 cm³/mol. The van der Waals surface area contributed by atoms with Gasteiger partial charge in [-0.05, 0) is 52.3 Å². The van der Waals surface area contributed by atoms with E-state index in [-0.39, 0.29) is 15.1 Å². The van der Waals surface area contributed by atoms with Crippen LogP contribution in [0.4, 0.5) is 13.2 Å². The molecule has 0 radical (unpaired) electrons. The van der Waals surface area contributed by atoms with Crippen LogP contribution in [0.2, 0.25) is 5.02 Å². The van der Waals surface area contributed by atoms with Crippen molar-refractivity contribution in [3.05, 3.63) is 68.4 Å². The maximum Gasteiger partial charge on any atom is 0.145 e. The minimum absolute atomic E-state index is 0.111. The predicted octanol–water partition coefficient (Wildman–Crippen LogP) is 5.22. The average Bonchev–Trinajstić information content (AvgIpc) is 2.43. The summed E-state index contributed by atoms with van der Waals surface area (Å²) in [6.07, 6.45) is 0. The van der Waals surface area contributed by atoms with E-state index in [1.165, 1.54) is 24.3 Å². The fraction of sp³-hybridized carbons (Fsp3) is 0.200. The highest BCUT2D eigenvalue weighted by molar-refractivity contribution is 9.10. The highest BCUT2D eigenvalue weighted by Gasteiger charge is 2.24. The van der Waals surface area contributed by atoms with E-state index in [0.29, 0.717) is 12.1 Å². The highest BCUT2D eigenvalue weighted by Crippen LogP contribution is 2.34. The van der Waals surface area contributed by atoms with Crippen molar-refractivity contribution in [2.24, 2.45) is 0 Å². The van der Waals surface area contributed by atoms with Gasteiger partial charge in [-0.2, -0.15) is 0 Å². The number of benzene rings is 2. The smallest absolute Gasteiger partial charge is 0.145 e. The van der Waals surface area contributed by atoms with Crippen LogP contribution in [0.15, 0.2) is 34.8 Å². The molecule has 6 heteroatoms. The van der Waals surface area contributed by atoms with Crippen molar-refractivity contribution in [2.45, 2.75) is 13.0 Å². The van der Waals surface area contributed by atoms with Crippen molar-refractivity contribution in [1.29, 1.82) is 0 Å². The van der Waals surface area contributed by atoms with Gasteiger partial charge in [0.2, 0.25) is 0 Å². The van der Waals surface area contributed by atoms with Gasteiger partial charge >= 0.3 is 0 Å². The van der Waals surface area contributed by atoms with E-state index in [1.807, 2.05) is 0 Å². The summed E-state index contributed by atoms with van der Waals surface area (Å²) >= 11 is 9.06. The summed E-state index contributed by atoms with van der Waals surface area (Å²) in [6, 6.07) is 5.41. The van der Waals surface area contributed by atoms with E-state index in [4.69, 9.17) is 11.6 Å². The summed E-state index contributed by atoms with van der Waals surface area (Å²) in [5, 5.41) is 3.09. The first-order chi connectivity index (χ1) is 9.95. The van der Waals surface area contributed by atoms with Crippen LogP contribution in [-0.4, -0.2) is 6.54 Å². The van der Waals surface area contributed by atoms with Crippen LogP contribution in [0.3, 0.4) is 0 Å². The fourth-order valence-electron chi connectivity index (χ4n) is 2.11. The van der Waals surface area contributed by atoms with E-state index in [9.17, 15) is 13.2 Å². The van der Waals surface area contributed by atoms with Crippen LogP contribution < -0.4 is 5.32 Å². The SMILES string of the molecule is CCNC(c1ccc(F)cc1Cl)c1c(F)ccc(Br)c1F. The Bertz CT molecular complexity index is 664. The maximum atomic E-state index is 14.3. The number of halogens is 5. The van der Waals surface area contributed by atoms with E-state index in [0.717, 1.165) is 6.07 Å². The molecule has 1 N–H and O–H groups in total. The molecule has 0 fully saturated rings. The van der Waals surface area contributed by atoms with Crippen molar-refractivity contribution < 1.29 is 13.2 Å². The first-order valence-electron chi connectivity index (χ1n) is 6.27. The largest absolute Gasteiger partial charge is 0.306 e. The topological polar surface area (TPSA) is 12.0 Å². The van der Waals surface area contributed by atoms with E-state index >= 15 is 0 Å². The lowest BCUT2D eigenvalue weighted by Gasteiger charge is -2.21. The summed E-state index contributed by atoms with van der Waals surface area (Å²) in [4.78, 5) is 0. The minimum atomic E-state index is -0.805. The van der Waals surface area contributed by atoms with Gasteiger partial charge in [-0.25, -0.2) is 13.2 Å². The fourth-order valence-corrected chi connectivity index (χ4v) is 2.74. The molecule has 0 aromatic heterocycles. The Balaban J connectivity index is 2.61. The molecular formula is C15H12BrClF3N. The monoisotopic (exact) mass is 377 g/mol. The lowest BCUT2D eigenvalue weighted by molar-refractivity contribution is 0.507. The molecule has 1 unspecified atom stereocenters. The first kappa shape index (κ1) is 16.3. The Kier molecular flexibility index (Phi) is 5.30. The molecule has 1 atom stereocenters. The summed E-state index contributed by atoms with van der Waals surface area (Å²) in [7, 11) is 0. The third-order valence-corrected chi connectivity index (χ3v) is 3.99. The molecule has 0 aliphatic heterocycles. The highest BCUT2D eigenvalue weighted by atomic mass is 79.9. The van der Waals surface area contributed by atoms with E-state index in [1.54, 1.807) is 6.92 Å². The van der Waals surface area contributed by atoms with Crippen molar-refractivity contribution in [1.82, 2.24) is 5.32 Å². The molecule has 0 saturated heterocycles. The van der Waals surface area contributed by atoms with Crippen LogP contribution in [0, 0.1) is 17.5 Å². The Morgan fingerprint density at radius 1 is 1.19 bits per heavy atom. The second-order valence-corrected chi connectivity index (χ2v) is 5.67. The molecule has 2 aromatic carbocycles. The van der Waals surface area contributed by atoms with Gasteiger partial charge in [0, 0.05) is 10.6 Å². The van der Waals surface area contributed by atoms with Gasteiger partial charge in [0.1, 0.15) is 17.5 Å². The maximum absolute atomic E-state index is 14.3. The van der Waals surface area contributed by atoms with Gasteiger partial charge in [-0.3, -0.25) is 0 Å². The van der Waals surface area contributed by atoms with Crippen molar-refractivity contribution in [2.75, 3.05) is 6.54 Å². The lowest BCUT2D eigenvalue weighted by Crippen LogP contribution is -2.24. The third kappa shape index (κ3) is 3.42. The molecule has 0 bridgehead atoms. The second-order valence-electron chi connectivity index (χ2n) is 4.41. The van der Waals surface area contributed by atoms with Crippen molar-refractivity contribution >= 4 is 27.5 Å². The molecule has 0 aliphatic carbocycles. The zero-order chi connectivity index (χ0) is 15.6. The van der Waals surface area contributed by atoms with Gasteiger partial charge in [-0.15, -0.1) is 0 Å². The zero-order valence-electron chi connectivity index (χ0n) is 11.1. The molecule has 0 saturated carbocycles. The van der Waals surface area contributed by atoms with Crippen molar-refractivity contribution in [3.8, 4) is 0 Å². The molecule has 2 aromatic rings. The number of hydrogen-bond donors (Lipinski definition) is 1. The van der Waals surface area contributed by atoms with Gasteiger partial charge in [0.25, 0.3) is 0 Å². The molecule has 0 heterocycles. The summed E-state index contributed by atoms with van der Waals surface area (Å²) in [5.74, 6) is -1.91. The molecule has 2 rings (SSSR count). The Morgan fingerprint density at radius 2 is 1.90 bits per heavy atom. The second kappa shape index (κ2) is 6.81. The van der Waals surface area contributed by atoms with Crippen LogP contribution in [0.25, 0.3) is 0 Å². The molecule has 21 heavy (non-hydrogen) atoms. The summed E-state index contributed by atoms with van der Waals surface area (Å²) in [5.41, 5.74) is 0.260.